The number of ether oxygens (including phenoxy) is 1. The van der Waals surface area contributed by atoms with Crippen molar-refractivity contribution in [2.24, 2.45) is 0 Å². The Balaban J connectivity index is 1.35. The fourth-order valence-electron chi connectivity index (χ4n) is 3.58. The second-order valence-electron chi connectivity index (χ2n) is 8.03. The molecule has 37 heavy (non-hydrogen) atoms. The summed E-state index contributed by atoms with van der Waals surface area (Å²) in [5, 5.41) is 14.1. The lowest BCUT2D eigenvalue weighted by Crippen LogP contribution is -2.27. The number of amides is 1. The number of aromatic hydroxyl groups is 1. The maximum Gasteiger partial charge on any atom is 0.342 e. The summed E-state index contributed by atoms with van der Waals surface area (Å²) in [5.41, 5.74) is -0.0172. The second kappa shape index (κ2) is 10.9. The number of rotatable bonds is 9. The average Bonchev–Trinajstić information content (AvgIpc) is 3.59. The molecule has 1 aliphatic rings. The van der Waals surface area contributed by atoms with Crippen molar-refractivity contribution in [3.05, 3.63) is 65.5 Å². The van der Waals surface area contributed by atoms with Crippen LogP contribution in [0.4, 0.5) is 11.4 Å². The number of anilines is 2. The third-order valence-corrected chi connectivity index (χ3v) is 10.1. The molecule has 3 N–H and O–H groups in total. The summed E-state index contributed by atoms with van der Waals surface area (Å²) >= 11 is 1.01. The number of carbonyl (C=O) groups is 2. The predicted molar refractivity (Wildman–Crippen MR) is 137 cm³/mol. The van der Waals surface area contributed by atoms with Crippen molar-refractivity contribution in [1.29, 1.82) is 0 Å². The third kappa shape index (κ3) is 6.28. The van der Waals surface area contributed by atoms with Gasteiger partial charge in [0.2, 0.25) is 10.0 Å². The smallest absolute Gasteiger partial charge is 0.342 e. The van der Waals surface area contributed by atoms with Crippen molar-refractivity contribution in [1.82, 2.24) is 4.31 Å². The Bertz CT molecular complexity index is 1500. The molecule has 3 aromatic rings. The highest BCUT2D eigenvalue weighted by atomic mass is 32.2. The number of phenolic OH excluding ortho intramolecular Hbond substituents is 1. The minimum Gasteiger partial charge on any atom is -0.507 e. The van der Waals surface area contributed by atoms with Gasteiger partial charge in [0.1, 0.15) is 15.5 Å². The summed E-state index contributed by atoms with van der Waals surface area (Å²) in [4.78, 5) is 24.8. The van der Waals surface area contributed by atoms with Gasteiger partial charge in [0, 0.05) is 24.5 Å². The van der Waals surface area contributed by atoms with E-state index in [2.05, 4.69) is 10.0 Å². The molecule has 0 saturated carbocycles. The van der Waals surface area contributed by atoms with E-state index in [1.54, 1.807) is 11.4 Å². The van der Waals surface area contributed by atoms with Crippen LogP contribution in [0.25, 0.3) is 0 Å². The normalized spacial score (nSPS) is 14.3. The summed E-state index contributed by atoms with van der Waals surface area (Å²) in [7, 11) is -7.46. The Morgan fingerprint density at radius 2 is 1.65 bits per heavy atom. The lowest BCUT2D eigenvalue weighted by Gasteiger charge is -2.15. The van der Waals surface area contributed by atoms with Crippen LogP contribution in [-0.2, 0) is 29.6 Å². The Labute approximate surface area is 217 Å². The second-order valence-corrected chi connectivity index (χ2v) is 12.8. The van der Waals surface area contributed by atoms with Crippen molar-refractivity contribution >= 4 is 54.6 Å². The predicted octanol–water partition coefficient (Wildman–Crippen LogP) is 2.83. The summed E-state index contributed by atoms with van der Waals surface area (Å²) < 4.78 is 58.7. The molecule has 0 unspecified atom stereocenters. The van der Waals surface area contributed by atoms with E-state index in [9.17, 15) is 31.5 Å². The van der Waals surface area contributed by atoms with Crippen molar-refractivity contribution in [2.45, 2.75) is 21.9 Å². The fourth-order valence-corrected chi connectivity index (χ4v) is 7.14. The van der Waals surface area contributed by atoms with Gasteiger partial charge < -0.3 is 15.2 Å². The van der Waals surface area contributed by atoms with Crippen LogP contribution in [-0.4, -0.2) is 57.8 Å². The monoisotopic (exact) mass is 565 g/mol. The van der Waals surface area contributed by atoms with Crippen LogP contribution in [0.1, 0.15) is 23.2 Å². The number of benzene rings is 2. The summed E-state index contributed by atoms with van der Waals surface area (Å²) in [6.45, 7) is 0.258. The largest absolute Gasteiger partial charge is 0.507 e. The number of sulfonamides is 2. The zero-order valence-electron chi connectivity index (χ0n) is 19.3. The lowest BCUT2D eigenvalue weighted by atomic mass is 10.2. The van der Waals surface area contributed by atoms with Gasteiger partial charge in [-0.3, -0.25) is 9.52 Å². The highest BCUT2D eigenvalue weighted by Gasteiger charge is 2.27. The number of thiophene rings is 1. The molecule has 2 heterocycles. The lowest BCUT2D eigenvalue weighted by molar-refractivity contribution is -0.119. The number of hydrogen-bond acceptors (Lipinski definition) is 9. The number of nitrogens with zero attached hydrogens (tertiary/aromatic N) is 1. The topological polar surface area (TPSA) is 159 Å². The molecule has 1 saturated heterocycles. The number of hydrogen-bond donors (Lipinski definition) is 3. The van der Waals surface area contributed by atoms with Gasteiger partial charge in [-0.15, -0.1) is 11.3 Å². The molecule has 14 heteroatoms. The first-order chi connectivity index (χ1) is 17.6. The van der Waals surface area contributed by atoms with Gasteiger partial charge in [-0.25, -0.2) is 21.6 Å². The number of nitrogens with one attached hydrogen (secondary N) is 2. The first-order valence-electron chi connectivity index (χ1n) is 11.0. The van der Waals surface area contributed by atoms with Crippen molar-refractivity contribution in [3.63, 3.8) is 0 Å². The zero-order chi connectivity index (χ0) is 26.6. The molecular formula is C23H23N3O8S3. The summed E-state index contributed by atoms with van der Waals surface area (Å²) in [6.07, 6.45) is 1.64. The van der Waals surface area contributed by atoms with Crippen LogP contribution in [0, 0.1) is 0 Å². The molecule has 0 bridgehead atoms. The standard InChI is InChI=1S/C23H23N3O8S3/c27-20-10-7-17(25-36(30,31)22-4-3-13-35-22)14-19(20)23(29)34-15-21(28)24-16-5-8-18(9-6-16)37(32,33)26-11-1-2-12-26/h3-10,13-14,25,27H,1-2,11-12,15H2,(H,24,28). The Morgan fingerprint density at radius 1 is 0.973 bits per heavy atom. The molecule has 1 aromatic heterocycles. The van der Waals surface area contributed by atoms with Gasteiger partial charge in [-0.1, -0.05) is 6.07 Å². The zero-order valence-corrected chi connectivity index (χ0v) is 21.7. The van der Waals surface area contributed by atoms with Crippen molar-refractivity contribution in [3.8, 4) is 5.75 Å². The maximum atomic E-state index is 12.6. The van der Waals surface area contributed by atoms with Crippen molar-refractivity contribution in [2.75, 3.05) is 29.7 Å². The summed E-state index contributed by atoms with van der Waals surface area (Å²) in [6, 6.07) is 12.1. The average molecular weight is 566 g/mol. The maximum absolute atomic E-state index is 12.6. The van der Waals surface area contributed by atoms with E-state index in [4.69, 9.17) is 4.74 Å². The van der Waals surface area contributed by atoms with Gasteiger partial charge in [0.25, 0.3) is 15.9 Å². The Morgan fingerprint density at radius 3 is 2.30 bits per heavy atom. The van der Waals surface area contributed by atoms with Crippen LogP contribution in [0.3, 0.4) is 0 Å². The van der Waals surface area contributed by atoms with Crippen LogP contribution >= 0.6 is 11.3 Å². The molecule has 1 aliphatic heterocycles. The van der Waals surface area contributed by atoms with E-state index >= 15 is 0 Å². The van der Waals surface area contributed by atoms with Gasteiger partial charge in [0.05, 0.1) is 4.90 Å². The van der Waals surface area contributed by atoms with E-state index < -0.39 is 44.3 Å². The minimum atomic E-state index is -3.87. The number of carbonyl (C=O) groups excluding carboxylic acids is 2. The van der Waals surface area contributed by atoms with Crippen LogP contribution in [0.15, 0.2) is 69.1 Å². The van der Waals surface area contributed by atoms with Crippen LogP contribution in [0.2, 0.25) is 0 Å². The molecule has 0 atom stereocenters. The van der Waals surface area contributed by atoms with Gasteiger partial charge >= 0.3 is 5.97 Å². The Hall–Kier alpha value is -3.46. The van der Waals surface area contributed by atoms with E-state index in [0.717, 1.165) is 36.3 Å². The molecule has 11 nitrogen and oxygen atoms in total. The van der Waals surface area contributed by atoms with Gasteiger partial charge in [-0.05, 0) is 66.8 Å². The molecule has 2 aromatic carbocycles. The van der Waals surface area contributed by atoms with E-state index in [-0.39, 0.29) is 20.4 Å². The highest BCUT2D eigenvalue weighted by Crippen LogP contribution is 2.26. The molecule has 196 valence electrons. The molecular weight excluding hydrogens is 542 g/mol. The summed E-state index contributed by atoms with van der Waals surface area (Å²) in [5.74, 6) is -2.20. The molecule has 0 radical (unpaired) electrons. The SMILES string of the molecule is O=C(COC(=O)c1cc(NS(=O)(=O)c2cccs2)ccc1O)Nc1ccc(S(=O)(=O)N2CCCC2)cc1. The molecule has 0 spiro atoms. The quantitative estimate of drug-likeness (QED) is 0.264. The number of phenols is 1. The molecule has 1 amide bonds. The first-order valence-corrected chi connectivity index (χ1v) is 14.8. The Kier molecular flexibility index (Phi) is 7.82. The molecule has 0 aliphatic carbocycles. The third-order valence-electron chi connectivity index (χ3n) is 5.40. The highest BCUT2D eigenvalue weighted by molar-refractivity contribution is 7.94. The van der Waals surface area contributed by atoms with E-state index in [1.807, 2.05) is 0 Å². The van der Waals surface area contributed by atoms with Crippen molar-refractivity contribution < 1.29 is 36.3 Å². The first kappa shape index (κ1) is 26.6. The van der Waals surface area contributed by atoms with Crippen LogP contribution in [0.5, 0.6) is 5.75 Å². The van der Waals surface area contributed by atoms with Crippen LogP contribution < -0.4 is 10.0 Å². The molecule has 1 fully saturated rings. The number of esters is 1. The van der Waals surface area contributed by atoms with E-state index in [1.165, 1.54) is 40.7 Å². The van der Waals surface area contributed by atoms with Gasteiger partial charge in [0.15, 0.2) is 6.61 Å². The molecule has 4 rings (SSSR count). The fraction of sp³-hybridized carbons (Fsp3) is 0.217. The van der Waals surface area contributed by atoms with E-state index in [0.29, 0.717) is 18.8 Å². The minimum absolute atomic E-state index is 0.0200. The van der Waals surface area contributed by atoms with Gasteiger partial charge in [-0.2, -0.15) is 4.31 Å².